The van der Waals surface area contributed by atoms with Crippen molar-refractivity contribution in [2.75, 3.05) is 6.54 Å². The van der Waals surface area contributed by atoms with Gasteiger partial charge in [-0.15, -0.1) is 0 Å². The molecule has 6 heteroatoms. The van der Waals surface area contributed by atoms with Crippen molar-refractivity contribution in [1.82, 2.24) is 14.8 Å². The number of carbonyl (C=O) groups is 2. The molecule has 0 fully saturated rings. The Morgan fingerprint density at radius 2 is 1.44 bits per heavy atom. The molecule has 4 aromatic rings. The lowest BCUT2D eigenvalue weighted by molar-refractivity contribution is -0.136. The molecule has 1 aromatic heterocycles. The molecule has 1 N–H and O–H groups in total. The first kappa shape index (κ1) is 23.5. The van der Waals surface area contributed by atoms with Crippen molar-refractivity contribution in [3.63, 3.8) is 0 Å². The molecule has 1 aliphatic rings. The van der Waals surface area contributed by atoms with Crippen LogP contribution in [-0.4, -0.2) is 27.8 Å². The first-order chi connectivity index (χ1) is 17.6. The van der Waals surface area contributed by atoms with Gasteiger partial charge in [0.2, 0.25) is 11.8 Å². The molecule has 1 unspecified atom stereocenters. The fraction of sp³-hybridized carbons (Fsp3) is 0.200. The minimum Gasteiger partial charge on any atom is -0.348 e. The summed E-state index contributed by atoms with van der Waals surface area (Å²) in [6.07, 6.45) is 2.18. The van der Waals surface area contributed by atoms with Crippen molar-refractivity contribution >= 4 is 11.8 Å². The highest BCUT2D eigenvalue weighted by Crippen LogP contribution is 2.33. The Labute approximate surface area is 210 Å². The number of halogens is 1. The van der Waals surface area contributed by atoms with E-state index in [9.17, 15) is 14.0 Å². The van der Waals surface area contributed by atoms with Crippen LogP contribution in [0.15, 0.2) is 103 Å². The molecule has 0 bridgehead atoms. The first-order valence-electron chi connectivity index (χ1n) is 12.2. The lowest BCUT2D eigenvalue weighted by Gasteiger charge is -2.37. The summed E-state index contributed by atoms with van der Waals surface area (Å²) in [6.45, 7) is 1.21. The first-order valence-corrected chi connectivity index (χ1v) is 12.2. The monoisotopic (exact) mass is 481 g/mol. The van der Waals surface area contributed by atoms with E-state index in [0.717, 1.165) is 22.4 Å². The molecule has 2 amide bonds. The predicted molar refractivity (Wildman–Crippen MR) is 136 cm³/mol. The van der Waals surface area contributed by atoms with Crippen LogP contribution in [0.1, 0.15) is 47.3 Å². The van der Waals surface area contributed by atoms with Gasteiger partial charge < -0.3 is 14.8 Å². The van der Waals surface area contributed by atoms with Crippen LogP contribution in [0, 0.1) is 5.82 Å². The molecule has 0 aliphatic carbocycles. The molecule has 0 radical (unpaired) electrons. The van der Waals surface area contributed by atoms with Gasteiger partial charge in [-0.3, -0.25) is 9.59 Å². The van der Waals surface area contributed by atoms with Crippen LogP contribution >= 0.6 is 0 Å². The minimum absolute atomic E-state index is 0.0860. The highest BCUT2D eigenvalue weighted by atomic mass is 19.1. The zero-order valence-corrected chi connectivity index (χ0v) is 19.9. The average molecular weight is 482 g/mol. The molecule has 0 spiro atoms. The summed E-state index contributed by atoms with van der Waals surface area (Å²) < 4.78 is 15.7. The Kier molecular flexibility index (Phi) is 6.94. The Bertz CT molecular complexity index is 1280. The third-order valence-electron chi connectivity index (χ3n) is 6.68. The normalized spacial score (nSPS) is 14.9. The van der Waals surface area contributed by atoms with E-state index < -0.39 is 0 Å². The third kappa shape index (κ3) is 5.08. The van der Waals surface area contributed by atoms with Crippen molar-refractivity contribution in [1.29, 1.82) is 0 Å². The second-order valence-electron chi connectivity index (χ2n) is 8.99. The summed E-state index contributed by atoms with van der Waals surface area (Å²) in [7, 11) is 0. The number of aromatic nitrogens is 1. The largest absolute Gasteiger partial charge is 0.348 e. The molecule has 3 aromatic carbocycles. The van der Waals surface area contributed by atoms with Crippen LogP contribution in [-0.2, 0) is 16.1 Å². The fourth-order valence-electron chi connectivity index (χ4n) is 4.90. The van der Waals surface area contributed by atoms with Crippen LogP contribution in [0.4, 0.5) is 4.39 Å². The highest BCUT2D eigenvalue weighted by molar-refractivity contribution is 5.84. The molecule has 5 nitrogen and oxygen atoms in total. The molecule has 1 aliphatic heterocycles. The summed E-state index contributed by atoms with van der Waals surface area (Å²) in [4.78, 5) is 28.2. The smallest absolute Gasteiger partial charge is 0.223 e. The molecule has 2 heterocycles. The van der Waals surface area contributed by atoms with Crippen LogP contribution in [0.3, 0.4) is 0 Å². The second kappa shape index (κ2) is 10.6. The lowest BCUT2D eigenvalue weighted by Crippen LogP contribution is -2.42. The molecule has 1 atom stereocenters. The molecular formula is C30H28FN3O2. The van der Waals surface area contributed by atoms with Gasteiger partial charge in [-0.2, -0.15) is 0 Å². The van der Waals surface area contributed by atoms with Crippen molar-refractivity contribution in [3.05, 3.63) is 131 Å². The summed E-state index contributed by atoms with van der Waals surface area (Å²) >= 11 is 0. The van der Waals surface area contributed by atoms with Crippen LogP contribution in [0.25, 0.3) is 0 Å². The number of benzene rings is 3. The quantitative estimate of drug-likeness (QED) is 0.392. The number of nitrogens with zero attached hydrogens (tertiary/aromatic N) is 2. The van der Waals surface area contributed by atoms with Crippen molar-refractivity contribution in [3.8, 4) is 0 Å². The van der Waals surface area contributed by atoms with Gasteiger partial charge >= 0.3 is 0 Å². The number of nitrogens with one attached hydrogen (secondary N) is 1. The number of hydrogen-bond acceptors (Lipinski definition) is 2. The van der Waals surface area contributed by atoms with Gasteiger partial charge in [0.1, 0.15) is 5.82 Å². The number of carbonyl (C=O) groups excluding carboxylic acids is 2. The van der Waals surface area contributed by atoms with Gasteiger partial charge in [-0.05, 0) is 41.0 Å². The van der Waals surface area contributed by atoms with E-state index in [0.29, 0.717) is 13.1 Å². The van der Waals surface area contributed by atoms with Crippen molar-refractivity contribution < 1.29 is 14.0 Å². The maximum atomic E-state index is 13.6. The molecular weight excluding hydrogens is 453 g/mol. The standard InChI is InChI=1S/C30H28FN3O2/c31-25-15-13-24(14-16-25)30-26-12-7-19-33(26)20-21-34(30)28(36)18-17-27(35)32-29(22-8-3-1-4-9-22)23-10-5-2-6-11-23/h1-16,19,29-30H,17-18,20-21H2,(H,32,35). The summed E-state index contributed by atoms with van der Waals surface area (Å²) in [6, 6.07) is 29.2. The molecule has 5 rings (SSSR count). The van der Waals surface area contributed by atoms with Gasteiger partial charge in [0, 0.05) is 37.8 Å². The maximum absolute atomic E-state index is 13.6. The van der Waals surface area contributed by atoms with Crippen molar-refractivity contribution in [2.45, 2.75) is 31.5 Å². The van der Waals surface area contributed by atoms with Gasteiger partial charge in [0.15, 0.2) is 0 Å². The van der Waals surface area contributed by atoms with Gasteiger partial charge in [-0.1, -0.05) is 72.8 Å². The molecule has 36 heavy (non-hydrogen) atoms. The summed E-state index contributed by atoms with van der Waals surface area (Å²) in [5.74, 6) is -0.589. The number of amides is 2. The van der Waals surface area contributed by atoms with E-state index in [1.807, 2.05) is 83.9 Å². The molecule has 182 valence electrons. The Balaban J connectivity index is 1.30. The summed E-state index contributed by atoms with van der Waals surface area (Å²) in [5, 5.41) is 3.11. The van der Waals surface area contributed by atoms with Gasteiger partial charge in [-0.25, -0.2) is 4.39 Å². The maximum Gasteiger partial charge on any atom is 0.223 e. The third-order valence-corrected chi connectivity index (χ3v) is 6.68. The Morgan fingerprint density at radius 1 is 0.806 bits per heavy atom. The zero-order valence-electron chi connectivity index (χ0n) is 19.9. The van der Waals surface area contributed by atoms with E-state index in [-0.39, 0.29) is 42.6 Å². The number of hydrogen-bond donors (Lipinski definition) is 1. The Hall–Kier alpha value is -4.19. The van der Waals surface area contributed by atoms with E-state index in [1.54, 1.807) is 12.1 Å². The van der Waals surface area contributed by atoms with Crippen LogP contribution in [0.2, 0.25) is 0 Å². The fourth-order valence-corrected chi connectivity index (χ4v) is 4.90. The minimum atomic E-state index is -0.314. The van der Waals surface area contributed by atoms with E-state index in [4.69, 9.17) is 0 Å². The van der Waals surface area contributed by atoms with Crippen LogP contribution in [0.5, 0.6) is 0 Å². The van der Waals surface area contributed by atoms with E-state index >= 15 is 0 Å². The number of rotatable bonds is 7. The average Bonchev–Trinajstić information content (AvgIpc) is 3.40. The van der Waals surface area contributed by atoms with E-state index in [1.165, 1.54) is 12.1 Å². The zero-order chi connectivity index (χ0) is 24.9. The second-order valence-corrected chi connectivity index (χ2v) is 8.99. The van der Waals surface area contributed by atoms with Crippen molar-refractivity contribution in [2.24, 2.45) is 0 Å². The van der Waals surface area contributed by atoms with E-state index in [2.05, 4.69) is 9.88 Å². The highest BCUT2D eigenvalue weighted by Gasteiger charge is 2.32. The predicted octanol–water partition coefficient (Wildman–Crippen LogP) is 5.24. The van der Waals surface area contributed by atoms with Gasteiger partial charge in [0.25, 0.3) is 0 Å². The topological polar surface area (TPSA) is 54.3 Å². The summed E-state index contributed by atoms with van der Waals surface area (Å²) in [5.41, 5.74) is 3.80. The molecule has 0 saturated carbocycles. The van der Waals surface area contributed by atoms with Crippen LogP contribution < -0.4 is 5.32 Å². The van der Waals surface area contributed by atoms with Gasteiger partial charge in [0.05, 0.1) is 12.1 Å². The Morgan fingerprint density at radius 3 is 2.08 bits per heavy atom. The molecule has 0 saturated heterocycles. The number of fused-ring (bicyclic) bond motifs is 1. The lowest BCUT2D eigenvalue weighted by atomic mass is 9.98. The SMILES string of the molecule is O=C(CCC(=O)N1CCn2cccc2C1c1ccc(F)cc1)NC(c1ccccc1)c1ccccc1.